The molecule has 2 rings (SSSR count). The van der Waals surface area contributed by atoms with Crippen molar-refractivity contribution in [3.8, 4) is 0 Å². The van der Waals surface area contributed by atoms with Crippen LogP contribution in [0.1, 0.15) is 49.9 Å². The SMILES string of the molecule is CCN(CC)S(=O)(=O)c1cc(C(=O)N(C)C2CCCC2)ccc1Cl. The van der Waals surface area contributed by atoms with Gasteiger partial charge < -0.3 is 4.90 Å². The van der Waals surface area contributed by atoms with Crippen molar-refractivity contribution in [3.05, 3.63) is 28.8 Å². The van der Waals surface area contributed by atoms with E-state index in [4.69, 9.17) is 11.6 Å². The quantitative estimate of drug-likeness (QED) is 0.769. The van der Waals surface area contributed by atoms with Crippen LogP contribution in [0.5, 0.6) is 0 Å². The highest BCUT2D eigenvalue weighted by Crippen LogP contribution is 2.28. The number of carbonyl (C=O) groups excluding carboxylic acids is 1. The number of benzene rings is 1. The number of sulfonamides is 1. The molecule has 1 fully saturated rings. The van der Waals surface area contributed by atoms with Crippen molar-refractivity contribution in [2.75, 3.05) is 20.1 Å². The van der Waals surface area contributed by atoms with E-state index in [0.29, 0.717) is 18.7 Å². The summed E-state index contributed by atoms with van der Waals surface area (Å²) in [6, 6.07) is 4.73. The minimum Gasteiger partial charge on any atom is -0.339 e. The molecule has 0 aliphatic heterocycles. The van der Waals surface area contributed by atoms with Gasteiger partial charge in [0.05, 0.1) is 5.02 Å². The van der Waals surface area contributed by atoms with Crippen LogP contribution in [0.2, 0.25) is 5.02 Å². The average molecular weight is 373 g/mol. The van der Waals surface area contributed by atoms with E-state index in [9.17, 15) is 13.2 Å². The van der Waals surface area contributed by atoms with Gasteiger partial charge in [-0.25, -0.2) is 8.42 Å². The molecular formula is C17H25ClN2O3S. The van der Waals surface area contributed by atoms with Crippen LogP contribution in [-0.4, -0.2) is 49.7 Å². The molecule has 1 amide bonds. The van der Waals surface area contributed by atoms with Crippen molar-refractivity contribution in [2.45, 2.75) is 50.5 Å². The van der Waals surface area contributed by atoms with Crippen molar-refractivity contribution in [3.63, 3.8) is 0 Å². The molecule has 24 heavy (non-hydrogen) atoms. The van der Waals surface area contributed by atoms with Gasteiger partial charge in [-0.15, -0.1) is 0 Å². The first-order valence-corrected chi connectivity index (χ1v) is 10.2. The molecule has 0 spiro atoms. The topological polar surface area (TPSA) is 57.7 Å². The third kappa shape index (κ3) is 3.76. The number of hydrogen-bond donors (Lipinski definition) is 0. The molecule has 0 atom stereocenters. The number of carbonyl (C=O) groups is 1. The van der Waals surface area contributed by atoms with Crippen LogP contribution in [0.15, 0.2) is 23.1 Å². The van der Waals surface area contributed by atoms with Gasteiger partial charge in [-0.1, -0.05) is 38.3 Å². The first-order chi connectivity index (χ1) is 11.3. The molecule has 5 nitrogen and oxygen atoms in total. The van der Waals surface area contributed by atoms with Crippen molar-refractivity contribution in [1.82, 2.24) is 9.21 Å². The third-order valence-electron chi connectivity index (χ3n) is 4.69. The summed E-state index contributed by atoms with van der Waals surface area (Å²) in [5.41, 5.74) is 0.361. The van der Waals surface area contributed by atoms with E-state index < -0.39 is 10.0 Å². The molecule has 0 N–H and O–H groups in total. The van der Waals surface area contributed by atoms with Gasteiger partial charge in [0.15, 0.2) is 0 Å². The second-order valence-electron chi connectivity index (χ2n) is 6.09. The minimum absolute atomic E-state index is 0.00135. The molecule has 1 aromatic rings. The second kappa shape index (κ2) is 7.85. The lowest BCUT2D eigenvalue weighted by Gasteiger charge is -2.25. The largest absolute Gasteiger partial charge is 0.339 e. The zero-order valence-corrected chi connectivity index (χ0v) is 16.0. The highest BCUT2D eigenvalue weighted by molar-refractivity contribution is 7.89. The highest BCUT2D eigenvalue weighted by Gasteiger charge is 2.28. The fraction of sp³-hybridized carbons (Fsp3) is 0.588. The van der Waals surface area contributed by atoms with Crippen LogP contribution in [0.25, 0.3) is 0 Å². The third-order valence-corrected chi connectivity index (χ3v) is 7.23. The molecule has 0 heterocycles. The lowest BCUT2D eigenvalue weighted by atomic mass is 10.1. The first kappa shape index (κ1) is 19.2. The van der Waals surface area contributed by atoms with E-state index >= 15 is 0 Å². The van der Waals surface area contributed by atoms with Gasteiger partial charge in [0.25, 0.3) is 5.91 Å². The molecule has 1 aliphatic carbocycles. The smallest absolute Gasteiger partial charge is 0.253 e. The van der Waals surface area contributed by atoms with Crippen molar-refractivity contribution in [2.24, 2.45) is 0 Å². The Hall–Kier alpha value is -1.11. The number of amides is 1. The van der Waals surface area contributed by atoms with Crippen molar-refractivity contribution >= 4 is 27.5 Å². The summed E-state index contributed by atoms with van der Waals surface area (Å²) in [6.45, 7) is 4.26. The Morgan fingerprint density at radius 2 is 1.79 bits per heavy atom. The Labute approximate surface area is 149 Å². The molecule has 0 radical (unpaired) electrons. The lowest BCUT2D eigenvalue weighted by molar-refractivity contribution is 0.0735. The van der Waals surface area contributed by atoms with Gasteiger partial charge in [-0.2, -0.15) is 4.31 Å². The Bertz CT molecular complexity index is 696. The normalized spacial score (nSPS) is 15.9. The van der Waals surface area contributed by atoms with Gasteiger partial charge >= 0.3 is 0 Å². The molecule has 0 unspecified atom stereocenters. The van der Waals surface area contributed by atoms with Gasteiger partial charge in [-0.05, 0) is 31.0 Å². The summed E-state index contributed by atoms with van der Waals surface area (Å²) >= 11 is 6.12. The van der Waals surface area contributed by atoms with E-state index in [0.717, 1.165) is 25.7 Å². The predicted molar refractivity (Wildman–Crippen MR) is 95.9 cm³/mol. The van der Waals surface area contributed by atoms with Crippen LogP contribution in [0.4, 0.5) is 0 Å². The maximum absolute atomic E-state index is 12.7. The predicted octanol–water partition coefficient (Wildman–Crippen LogP) is 3.39. The lowest BCUT2D eigenvalue weighted by Crippen LogP contribution is -2.35. The van der Waals surface area contributed by atoms with Crippen LogP contribution in [0.3, 0.4) is 0 Å². The molecule has 1 aromatic carbocycles. The summed E-state index contributed by atoms with van der Waals surface area (Å²) in [5.74, 6) is -0.158. The van der Waals surface area contributed by atoms with E-state index in [2.05, 4.69) is 0 Å². The maximum atomic E-state index is 12.7. The van der Waals surface area contributed by atoms with Gasteiger partial charge in [0.2, 0.25) is 10.0 Å². The van der Waals surface area contributed by atoms with Crippen LogP contribution >= 0.6 is 11.6 Å². The summed E-state index contributed by atoms with van der Waals surface area (Å²) in [6.07, 6.45) is 4.26. The highest BCUT2D eigenvalue weighted by atomic mass is 35.5. The summed E-state index contributed by atoms with van der Waals surface area (Å²) in [4.78, 5) is 14.4. The molecule has 134 valence electrons. The first-order valence-electron chi connectivity index (χ1n) is 8.39. The summed E-state index contributed by atoms with van der Waals surface area (Å²) < 4.78 is 26.8. The minimum atomic E-state index is -3.70. The Balaban J connectivity index is 2.36. The number of hydrogen-bond acceptors (Lipinski definition) is 3. The molecule has 7 heteroatoms. The zero-order valence-electron chi connectivity index (χ0n) is 14.5. The van der Waals surface area contributed by atoms with E-state index in [-0.39, 0.29) is 21.9 Å². The summed E-state index contributed by atoms with van der Waals surface area (Å²) in [5, 5.41) is 0.141. The Morgan fingerprint density at radius 3 is 2.33 bits per heavy atom. The van der Waals surface area contributed by atoms with Gasteiger partial charge in [0.1, 0.15) is 4.90 Å². The zero-order chi connectivity index (χ0) is 17.9. The van der Waals surface area contributed by atoms with Gasteiger partial charge in [0, 0.05) is 31.7 Å². The van der Waals surface area contributed by atoms with Crippen LogP contribution in [0, 0.1) is 0 Å². The van der Waals surface area contributed by atoms with E-state index in [1.807, 2.05) is 0 Å². The van der Waals surface area contributed by atoms with Crippen molar-refractivity contribution in [1.29, 1.82) is 0 Å². The molecule has 0 aromatic heterocycles. The standard InChI is InChI=1S/C17H25ClN2O3S/c1-4-20(5-2)24(22,23)16-12-13(10-11-15(16)18)17(21)19(3)14-8-6-7-9-14/h10-12,14H,4-9H2,1-3H3. The fourth-order valence-corrected chi connectivity index (χ4v) is 5.16. The molecule has 1 saturated carbocycles. The van der Waals surface area contributed by atoms with Crippen molar-refractivity contribution < 1.29 is 13.2 Å². The van der Waals surface area contributed by atoms with Crippen LogP contribution < -0.4 is 0 Å². The second-order valence-corrected chi connectivity index (χ2v) is 8.40. The average Bonchev–Trinajstić information content (AvgIpc) is 3.09. The molecule has 0 saturated heterocycles. The number of halogens is 1. The maximum Gasteiger partial charge on any atom is 0.253 e. The summed E-state index contributed by atoms with van der Waals surface area (Å²) in [7, 11) is -1.92. The monoisotopic (exact) mass is 372 g/mol. The number of rotatable bonds is 6. The molecule has 0 bridgehead atoms. The molecular weight excluding hydrogens is 348 g/mol. The van der Waals surface area contributed by atoms with E-state index in [1.165, 1.54) is 16.4 Å². The Kier molecular flexibility index (Phi) is 6.28. The Morgan fingerprint density at radius 1 is 1.21 bits per heavy atom. The number of nitrogens with zero attached hydrogens (tertiary/aromatic N) is 2. The molecule has 1 aliphatic rings. The fourth-order valence-electron chi connectivity index (χ4n) is 3.20. The van der Waals surface area contributed by atoms with Crippen LogP contribution in [-0.2, 0) is 10.0 Å². The van der Waals surface area contributed by atoms with Gasteiger partial charge in [-0.3, -0.25) is 4.79 Å². The van der Waals surface area contributed by atoms with E-state index in [1.54, 1.807) is 31.9 Å².